The molecule has 2 rings (SSSR count). The summed E-state index contributed by atoms with van der Waals surface area (Å²) in [6.07, 6.45) is 6.40. The van der Waals surface area contributed by atoms with Crippen molar-refractivity contribution in [2.75, 3.05) is 20.4 Å². The highest BCUT2D eigenvalue weighted by atomic mass is 35.5. The van der Waals surface area contributed by atoms with Gasteiger partial charge in [0.2, 0.25) is 0 Å². The number of hydrogen-bond donors (Lipinski definition) is 1. The standard InChI is InChI=1S/C10H12ClN3O2.C10H13ClN2S.2CH4/c1-7(9(12-2)6-14(15)16)8-3-4-10(11)13-5-8;1-7(10(12-2)14-3)8-4-5-9(11)13-6-8;;/h3-7,12H,1-2H3;4-7H,1-3H3;2*1H4/b9-6-;;;. The first-order chi connectivity index (χ1) is 14.2. The molecule has 2 atom stereocenters. The van der Waals surface area contributed by atoms with E-state index in [9.17, 15) is 10.1 Å². The summed E-state index contributed by atoms with van der Waals surface area (Å²) in [5.41, 5.74) is 2.53. The Kier molecular flexibility index (Phi) is 16.5. The number of allylic oxidation sites excluding steroid dienone is 1. The van der Waals surface area contributed by atoms with Gasteiger partial charge in [0.05, 0.1) is 15.7 Å². The van der Waals surface area contributed by atoms with Gasteiger partial charge in [-0.15, -0.1) is 11.8 Å². The molecular formula is C22H33Cl2N5O2S. The van der Waals surface area contributed by atoms with Crippen LogP contribution >= 0.6 is 35.0 Å². The lowest BCUT2D eigenvalue weighted by Crippen LogP contribution is -2.14. The molecule has 0 saturated heterocycles. The molecule has 0 spiro atoms. The Morgan fingerprint density at radius 1 is 1.09 bits per heavy atom. The van der Waals surface area contributed by atoms with Gasteiger partial charge in [-0.05, 0) is 29.5 Å². The molecule has 0 aliphatic heterocycles. The van der Waals surface area contributed by atoms with E-state index in [0.29, 0.717) is 21.9 Å². The van der Waals surface area contributed by atoms with E-state index in [1.807, 2.05) is 26.3 Å². The van der Waals surface area contributed by atoms with Crippen LogP contribution in [0.4, 0.5) is 0 Å². The number of halogens is 2. The van der Waals surface area contributed by atoms with Gasteiger partial charge in [-0.1, -0.05) is 64.0 Å². The van der Waals surface area contributed by atoms with Crippen molar-refractivity contribution in [3.63, 3.8) is 0 Å². The number of likely N-dealkylation sites (N-methyl/N-ethyl adjacent to an activating group) is 1. The van der Waals surface area contributed by atoms with Crippen molar-refractivity contribution in [3.8, 4) is 0 Å². The van der Waals surface area contributed by atoms with Gasteiger partial charge in [-0.2, -0.15) is 0 Å². The average Bonchev–Trinajstić information content (AvgIpc) is 2.73. The minimum atomic E-state index is -0.480. The largest absolute Gasteiger partial charge is 0.386 e. The van der Waals surface area contributed by atoms with E-state index in [4.69, 9.17) is 23.2 Å². The van der Waals surface area contributed by atoms with Crippen LogP contribution in [0.15, 0.2) is 53.5 Å². The quantitative estimate of drug-likeness (QED) is 0.156. The molecule has 178 valence electrons. The van der Waals surface area contributed by atoms with Gasteiger partial charge in [-0.3, -0.25) is 15.1 Å². The number of thioether (sulfide) groups is 1. The van der Waals surface area contributed by atoms with E-state index in [0.717, 1.165) is 22.4 Å². The summed E-state index contributed by atoms with van der Waals surface area (Å²) in [7, 11) is 3.46. The Labute approximate surface area is 205 Å². The number of hydrogen-bond acceptors (Lipinski definition) is 7. The minimum absolute atomic E-state index is 0. The molecule has 0 bridgehead atoms. The van der Waals surface area contributed by atoms with Crippen molar-refractivity contribution in [1.82, 2.24) is 15.3 Å². The maximum absolute atomic E-state index is 10.4. The molecule has 32 heavy (non-hydrogen) atoms. The Morgan fingerprint density at radius 3 is 1.88 bits per heavy atom. The van der Waals surface area contributed by atoms with Crippen LogP contribution in [0.3, 0.4) is 0 Å². The van der Waals surface area contributed by atoms with Crippen molar-refractivity contribution in [1.29, 1.82) is 0 Å². The van der Waals surface area contributed by atoms with E-state index >= 15 is 0 Å². The summed E-state index contributed by atoms with van der Waals surface area (Å²) in [5, 5.41) is 15.3. The van der Waals surface area contributed by atoms with Crippen molar-refractivity contribution in [3.05, 3.63) is 80.1 Å². The van der Waals surface area contributed by atoms with E-state index < -0.39 is 4.92 Å². The SMILES string of the molecule is C.C.CN/C(=C\[N+](=O)[O-])C(C)c1ccc(Cl)nc1.CN=C(SC)C(C)c1ccc(Cl)nc1. The number of nitrogens with zero attached hydrogens (tertiary/aromatic N) is 4. The van der Waals surface area contributed by atoms with Crippen molar-refractivity contribution >= 4 is 40.0 Å². The van der Waals surface area contributed by atoms with Gasteiger partial charge in [0.15, 0.2) is 0 Å². The van der Waals surface area contributed by atoms with Crippen LogP contribution in [0, 0.1) is 10.1 Å². The number of rotatable bonds is 6. The van der Waals surface area contributed by atoms with Crippen molar-refractivity contribution < 1.29 is 4.92 Å². The fourth-order valence-electron chi connectivity index (χ4n) is 2.58. The Morgan fingerprint density at radius 2 is 1.56 bits per heavy atom. The Bertz CT molecular complexity index is 875. The van der Waals surface area contributed by atoms with Gasteiger partial charge in [0.1, 0.15) is 10.3 Å². The van der Waals surface area contributed by atoms with Gasteiger partial charge >= 0.3 is 0 Å². The van der Waals surface area contributed by atoms with Gasteiger partial charge in [0.25, 0.3) is 6.20 Å². The van der Waals surface area contributed by atoms with Crippen LogP contribution in [0.2, 0.25) is 10.3 Å². The third-order valence-corrected chi connectivity index (χ3v) is 5.70. The first kappa shape index (κ1) is 32.0. The summed E-state index contributed by atoms with van der Waals surface area (Å²) >= 11 is 13.0. The van der Waals surface area contributed by atoms with Crippen LogP contribution in [-0.4, -0.2) is 40.3 Å². The monoisotopic (exact) mass is 501 g/mol. The molecular weight excluding hydrogens is 469 g/mol. The van der Waals surface area contributed by atoms with Crippen LogP contribution in [0.1, 0.15) is 51.7 Å². The number of aromatic nitrogens is 2. The zero-order valence-corrected chi connectivity index (χ0v) is 19.8. The summed E-state index contributed by atoms with van der Waals surface area (Å²) in [4.78, 5) is 22.1. The van der Waals surface area contributed by atoms with Gasteiger partial charge in [-0.25, -0.2) is 9.97 Å². The van der Waals surface area contributed by atoms with Crippen molar-refractivity contribution in [2.24, 2.45) is 4.99 Å². The highest BCUT2D eigenvalue weighted by Crippen LogP contribution is 2.23. The predicted octanol–water partition coefficient (Wildman–Crippen LogP) is 6.68. The second-order valence-electron chi connectivity index (χ2n) is 6.16. The second-order valence-corrected chi connectivity index (χ2v) is 7.76. The summed E-state index contributed by atoms with van der Waals surface area (Å²) in [5.74, 6) is 0.167. The smallest absolute Gasteiger partial charge is 0.253 e. The number of nitrogens with one attached hydrogen (secondary N) is 1. The molecule has 0 aliphatic carbocycles. The third kappa shape index (κ3) is 10.4. The number of nitro groups is 1. The predicted molar refractivity (Wildman–Crippen MR) is 140 cm³/mol. The normalized spacial score (nSPS) is 12.8. The third-order valence-electron chi connectivity index (χ3n) is 4.30. The van der Waals surface area contributed by atoms with Gasteiger partial charge < -0.3 is 5.32 Å². The molecule has 0 aromatic carbocycles. The molecule has 0 fully saturated rings. The fourth-order valence-corrected chi connectivity index (χ4v) is 3.47. The number of pyridine rings is 2. The maximum atomic E-state index is 10.4. The van der Waals surface area contributed by atoms with Crippen LogP contribution < -0.4 is 5.32 Å². The molecule has 7 nitrogen and oxygen atoms in total. The molecule has 2 aromatic rings. The van der Waals surface area contributed by atoms with E-state index in [1.165, 1.54) is 0 Å². The molecule has 1 N–H and O–H groups in total. The second kappa shape index (κ2) is 16.5. The lowest BCUT2D eigenvalue weighted by Gasteiger charge is -2.13. The molecule has 10 heteroatoms. The van der Waals surface area contributed by atoms with E-state index in [2.05, 4.69) is 27.2 Å². The first-order valence-electron chi connectivity index (χ1n) is 8.99. The average molecular weight is 503 g/mol. The highest BCUT2D eigenvalue weighted by Gasteiger charge is 2.14. The number of aliphatic imine (C=N–C) groups is 1. The molecule has 0 radical (unpaired) electrons. The zero-order valence-electron chi connectivity index (χ0n) is 17.5. The van der Waals surface area contributed by atoms with Crippen molar-refractivity contribution in [2.45, 2.75) is 40.5 Å². The first-order valence-corrected chi connectivity index (χ1v) is 11.0. The maximum Gasteiger partial charge on any atom is 0.253 e. The van der Waals surface area contributed by atoms with Crippen LogP contribution in [0.25, 0.3) is 0 Å². The molecule has 0 saturated carbocycles. The van der Waals surface area contributed by atoms with Crippen LogP contribution in [0.5, 0.6) is 0 Å². The molecule has 2 heterocycles. The Balaban J connectivity index is 0. The zero-order chi connectivity index (χ0) is 22.7. The summed E-state index contributed by atoms with van der Waals surface area (Å²) in [6.45, 7) is 3.97. The van der Waals surface area contributed by atoms with E-state index in [-0.39, 0.29) is 20.8 Å². The van der Waals surface area contributed by atoms with E-state index in [1.54, 1.807) is 49.4 Å². The highest BCUT2D eigenvalue weighted by molar-refractivity contribution is 8.13. The summed E-state index contributed by atoms with van der Waals surface area (Å²) in [6, 6.07) is 7.25. The Hall–Kier alpha value is -2.16. The molecule has 2 aromatic heterocycles. The lowest BCUT2D eigenvalue weighted by molar-refractivity contribution is -0.404. The molecule has 2 unspecified atom stereocenters. The lowest BCUT2D eigenvalue weighted by atomic mass is 10.00. The minimum Gasteiger partial charge on any atom is -0.386 e. The fraction of sp³-hybridized carbons (Fsp3) is 0.409. The van der Waals surface area contributed by atoms with Crippen LogP contribution in [-0.2, 0) is 0 Å². The topological polar surface area (TPSA) is 93.3 Å². The molecule has 0 aliphatic rings. The summed E-state index contributed by atoms with van der Waals surface area (Å²) < 4.78 is 0. The molecule has 0 amide bonds. The van der Waals surface area contributed by atoms with Gasteiger partial charge in [0, 0.05) is 38.3 Å².